The molecule has 1 fully saturated rings. The first kappa shape index (κ1) is 16.5. The Morgan fingerprint density at radius 2 is 1.65 bits per heavy atom. The van der Waals surface area contributed by atoms with Gasteiger partial charge in [-0.2, -0.15) is 0 Å². The number of nitrogens with zero attached hydrogens (tertiary/aromatic N) is 3. The van der Waals surface area contributed by atoms with E-state index in [0.717, 1.165) is 0 Å². The summed E-state index contributed by atoms with van der Waals surface area (Å²) >= 11 is 0. The van der Waals surface area contributed by atoms with Crippen molar-refractivity contribution in [3.63, 3.8) is 0 Å². The van der Waals surface area contributed by atoms with E-state index < -0.39 is 0 Å². The van der Waals surface area contributed by atoms with E-state index >= 15 is 0 Å². The molecule has 0 saturated carbocycles. The van der Waals surface area contributed by atoms with Gasteiger partial charge in [0.15, 0.2) is 0 Å². The van der Waals surface area contributed by atoms with Crippen LogP contribution in [0.2, 0.25) is 0 Å². The molecule has 1 aliphatic heterocycles. The molecule has 0 aliphatic carbocycles. The Balaban J connectivity index is 1.74. The molecule has 3 heteroatoms. The number of piperazine rings is 1. The van der Waals surface area contributed by atoms with Crippen molar-refractivity contribution in [2.75, 3.05) is 39.8 Å². The molecular weight excluding hydrogens is 282 g/mol. The molecule has 0 bridgehead atoms. The van der Waals surface area contributed by atoms with E-state index in [-0.39, 0.29) is 0 Å². The van der Waals surface area contributed by atoms with Crippen LogP contribution in [0.25, 0.3) is 10.9 Å². The van der Waals surface area contributed by atoms with Crippen LogP contribution >= 0.6 is 0 Å². The smallest absolute Gasteiger partial charge is 0.0512 e. The van der Waals surface area contributed by atoms with Gasteiger partial charge in [-0.15, -0.1) is 0 Å². The van der Waals surface area contributed by atoms with Crippen LogP contribution in [0.5, 0.6) is 0 Å². The molecule has 0 N–H and O–H groups in total. The quantitative estimate of drug-likeness (QED) is 0.858. The Bertz CT molecular complexity index is 691. The second kappa shape index (κ2) is 6.66. The number of hydrogen-bond donors (Lipinski definition) is 0. The lowest BCUT2D eigenvalue weighted by Gasteiger charge is -2.32. The second-order valence-electron chi connectivity index (χ2n) is 7.35. The largest absolute Gasteiger partial charge is 0.347 e. The van der Waals surface area contributed by atoms with E-state index in [0.29, 0.717) is 0 Å². The molecule has 0 radical (unpaired) electrons. The first-order chi connectivity index (χ1) is 11.0. The number of aromatic nitrogens is 1. The highest BCUT2D eigenvalue weighted by molar-refractivity contribution is 5.88. The predicted octanol–water partition coefficient (Wildman–Crippen LogP) is 3.28. The van der Waals surface area contributed by atoms with E-state index in [1.807, 2.05) is 0 Å². The number of aryl methyl sites for hydroxylation is 4. The van der Waals surface area contributed by atoms with Gasteiger partial charge in [0, 0.05) is 44.3 Å². The summed E-state index contributed by atoms with van der Waals surface area (Å²) in [5.74, 6) is 0. The van der Waals surface area contributed by atoms with Gasteiger partial charge < -0.3 is 14.4 Å². The predicted molar refractivity (Wildman–Crippen MR) is 99.4 cm³/mol. The summed E-state index contributed by atoms with van der Waals surface area (Å²) in [6, 6.07) is 4.68. The van der Waals surface area contributed by atoms with Gasteiger partial charge in [-0.1, -0.05) is 11.6 Å². The third-order valence-electron chi connectivity index (χ3n) is 5.54. The fourth-order valence-electron chi connectivity index (χ4n) is 4.07. The zero-order valence-electron chi connectivity index (χ0n) is 15.4. The number of rotatable bonds is 4. The van der Waals surface area contributed by atoms with Gasteiger partial charge in [-0.05, 0) is 64.4 Å². The number of likely N-dealkylation sites (N-methyl/N-ethyl adjacent to an activating group) is 1. The van der Waals surface area contributed by atoms with Crippen LogP contribution in [0.4, 0.5) is 0 Å². The minimum absolute atomic E-state index is 1.19. The summed E-state index contributed by atoms with van der Waals surface area (Å²) < 4.78 is 2.38. The molecule has 0 atom stereocenters. The van der Waals surface area contributed by atoms with Crippen LogP contribution < -0.4 is 0 Å². The van der Waals surface area contributed by atoms with E-state index in [4.69, 9.17) is 0 Å². The number of hydrogen-bond acceptors (Lipinski definition) is 2. The molecule has 126 valence electrons. The Hall–Kier alpha value is -1.32. The minimum Gasteiger partial charge on any atom is -0.347 e. The van der Waals surface area contributed by atoms with E-state index in [1.54, 1.807) is 5.56 Å². The van der Waals surface area contributed by atoms with E-state index in [9.17, 15) is 0 Å². The van der Waals surface area contributed by atoms with Crippen LogP contribution in [0.15, 0.2) is 12.1 Å². The lowest BCUT2D eigenvalue weighted by atomic mass is 10.0. The fraction of sp³-hybridized carbons (Fsp3) is 0.600. The molecule has 1 saturated heterocycles. The van der Waals surface area contributed by atoms with Crippen molar-refractivity contribution >= 4 is 10.9 Å². The zero-order valence-corrected chi connectivity index (χ0v) is 15.4. The normalized spacial score (nSPS) is 17.3. The lowest BCUT2D eigenvalue weighted by molar-refractivity contribution is 0.153. The summed E-state index contributed by atoms with van der Waals surface area (Å²) in [4.78, 5) is 5.05. The average molecular weight is 313 g/mol. The highest BCUT2D eigenvalue weighted by atomic mass is 15.2. The minimum atomic E-state index is 1.19. The second-order valence-corrected chi connectivity index (χ2v) is 7.35. The molecule has 1 aliphatic rings. The van der Waals surface area contributed by atoms with Gasteiger partial charge in [-0.25, -0.2) is 0 Å². The Morgan fingerprint density at radius 3 is 2.35 bits per heavy atom. The monoisotopic (exact) mass is 313 g/mol. The van der Waals surface area contributed by atoms with Crippen molar-refractivity contribution in [2.45, 2.75) is 33.6 Å². The summed E-state index contributed by atoms with van der Waals surface area (Å²) in [5.41, 5.74) is 7.19. The maximum atomic E-state index is 2.62. The molecule has 0 unspecified atom stereocenters. The SMILES string of the molecule is Cc1cc(C)c2c(c1)c(CCCN1CCN(C)CC1)c(C)n2C. The Labute approximate surface area is 140 Å². The molecule has 0 spiro atoms. The maximum Gasteiger partial charge on any atom is 0.0512 e. The Kier molecular flexibility index (Phi) is 4.79. The molecule has 0 amide bonds. The van der Waals surface area contributed by atoms with E-state index in [2.05, 4.69) is 61.4 Å². The van der Waals surface area contributed by atoms with Crippen LogP contribution in [0, 0.1) is 20.8 Å². The van der Waals surface area contributed by atoms with Gasteiger partial charge in [0.2, 0.25) is 0 Å². The van der Waals surface area contributed by atoms with Crippen molar-refractivity contribution in [3.8, 4) is 0 Å². The zero-order chi connectivity index (χ0) is 16.6. The van der Waals surface area contributed by atoms with Crippen molar-refractivity contribution in [2.24, 2.45) is 7.05 Å². The van der Waals surface area contributed by atoms with Gasteiger partial charge in [0.25, 0.3) is 0 Å². The summed E-state index contributed by atoms with van der Waals surface area (Å²) in [6.07, 6.45) is 2.45. The molecule has 1 aromatic heterocycles. The molecule has 23 heavy (non-hydrogen) atoms. The Morgan fingerprint density at radius 1 is 0.957 bits per heavy atom. The third-order valence-corrected chi connectivity index (χ3v) is 5.54. The van der Waals surface area contributed by atoms with Crippen LogP contribution in [-0.2, 0) is 13.5 Å². The van der Waals surface area contributed by atoms with Gasteiger partial charge in [0.05, 0.1) is 5.52 Å². The fourth-order valence-corrected chi connectivity index (χ4v) is 4.07. The van der Waals surface area contributed by atoms with Crippen molar-refractivity contribution in [1.82, 2.24) is 14.4 Å². The highest BCUT2D eigenvalue weighted by Crippen LogP contribution is 2.29. The summed E-state index contributed by atoms with van der Waals surface area (Å²) in [6.45, 7) is 12.8. The topological polar surface area (TPSA) is 11.4 Å². The molecule has 2 heterocycles. The average Bonchev–Trinajstić information content (AvgIpc) is 2.74. The lowest BCUT2D eigenvalue weighted by Crippen LogP contribution is -2.44. The maximum absolute atomic E-state index is 2.62. The third kappa shape index (κ3) is 3.31. The van der Waals surface area contributed by atoms with E-state index in [1.165, 1.54) is 73.3 Å². The first-order valence-corrected chi connectivity index (χ1v) is 8.93. The molecular formula is C20H31N3. The van der Waals surface area contributed by atoms with Crippen molar-refractivity contribution < 1.29 is 0 Å². The number of benzene rings is 1. The van der Waals surface area contributed by atoms with Crippen LogP contribution in [0.1, 0.15) is 28.8 Å². The highest BCUT2D eigenvalue weighted by Gasteiger charge is 2.16. The van der Waals surface area contributed by atoms with Crippen molar-refractivity contribution in [3.05, 3.63) is 34.5 Å². The summed E-state index contributed by atoms with van der Waals surface area (Å²) in [7, 11) is 4.44. The molecule has 3 nitrogen and oxygen atoms in total. The molecule has 2 aromatic rings. The number of fused-ring (bicyclic) bond motifs is 1. The van der Waals surface area contributed by atoms with Gasteiger partial charge in [-0.3, -0.25) is 0 Å². The first-order valence-electron chi connectivity index (χ1n) is 8.93. The van der Waals surface area contributed by atoms with Gasteiger partial charge >= 0.3 is 0 Å². The molecule has 3 rings (SSSR count). The van der Waals surface area contributed by atoms with Crippen LogP contribution in [0.3, 0.4) is 0 Å². The molecule has 1 aromatic carbocycles. The van der Waals surface area contributed by atoms with Crippen LogP contribution in [-0.4, -0.2) is 54.1 Å². The summed E-state index contributed by atoms with van der Waals surface area (Å²) in [5, 5.41) is 1.47. The van der Waals surface area contributed by atoms with Gasteiger partial charge in [0.1, 0.15) is 0 Å². The standard InChI is InChI=1S/C20H31N3/c1-15-13-16(2)20-19(14-15)18(17(3)22(20)5)7-6-8-23-11-9-21(4)10-12-23/h13-14H,6-12H2,1-5H3. The van der Waals surface area contributed by atoms with Crippen molar-refractivity contribution in [1.29, 1.82) is 0 Å².